The lowest BCUT2D eigenvalue weighted by atomic mass is 10.2. The monoisotopic (exact) mass is 381 g/mol. The molecule has 106 valence electrons. The molecule has 3 N–H and O–H groups in total. The first kappa shape index (κ1) is 14.4. The minimum atomic E-state index is 0.430. The molecule has 0 aliphatic heterocycles. The molecule has 2 aromatic carbocycles. The fourth-order valence-electron chi connectivity index (χ4n) is 2.05. The fraction of sp³-hybridized carbons (Fsp3) is 0. The molecule has 0 bridgehead atoms. The number of aromatic nitrogens is 1. The number of hydrogen-bond acceptors (Lipinski definition) is 3. The summed E-state index contributed by atoms with van der Waals surface area (Å²) in [5.74, 6) is 0. The van der Waals surface area contributed by atoms with Gasteiger partial charge in [-0.25, -0.2) is 0 Å². The normalized spacial score (nSPS) is 10.8. The summed E-state index contributed by atoms with van der Waals surface area (Å²) < 4.78 is 0.932. The SMILES string of the molecule is Nc1cc(Cl)c(Cl)cc1Nc1cccc2cc(Br)cnc12. The third-order valence-corrected chi connectivity index (χ3v) is 4.20. The highest BCUT2D eigenvalue weighted by Gasteiger charge is 2.08. The second-order valence-corrected chi connectivity index (χ2v) is 6.24. The minimum Gasteiger partial charge on any atom is -0.397 e. The van der Waals surface area contributed by atoms with Crippen LogP contribution in [-0.4, -0.2) is 4.98 Å². The van der Waals surface area contributed by atoms with Gasteiger partial charge in [0, 0.05) is 16.1 Å². The van der Waals surface area contributed by atoms with E-state index in [1.54, 1.807) is 18.3 Å². The summed E-state index contributed by atoms with van der Waals surface area (Å²) >= 11 is 15.4. The first-order valence-electron chi connectivity index (χ1n) is 6.10. The van der Waals surface area contributed by atoms with E-state index in [0.717, 1.165) is 21.1 Å². The Kier molecular flexibility index (Phi) is 3.93. The van der Waals surface area contributed by atoms with E-state index < -0.39 is 0 Å². The van der Waals surface area contributed by atoms with Crippen molar-refractivity contribution in [2.75, 3.05) is 11.1 Å². The highest BCUT2D eigenvalue weighted by Crippen LogP contribution is 2.34. The highest BCUT2D eigenvalue weighted by molar-refractivity contribution is 9.10. The third kappa shape index (κ3) is 2.93. The number of nitrogens with one attached hydrogen (secondary N) is 1. The van der Waals surface area contributed by atoms with Crippen molar-refractivity contribution in [3.63, 3.8) is 0 Å². The van der Waals surface area contributed by atoms with Crippen LogP contribution in [0.1, 0.15) is 0 Å². The molecule has 3 nitrogen and oxygen atoms in total. The zero-order chi connectivity index (χ0) is 15.0. The number of benzene rings is 2. The molecule has 3 rings (SSSR count). The summed E-state index contributed by atoms with van der Waals surface area (Å²) in [7, 11) is 0. The third-order valence-electron chi connectivity index (χ3n) is 3.04. The number of pyridine rings is 1. The molecule has 0 atom stereocenters. The Morgan fingerprint density at radius 2 is 1.81 bits per heavy atom. The van der Waals surface area contributed by atoms with Crippen LogP contribution < -0.4 is 11.1 Å². The van der Waals surface area contributed by atoms with E-state index in [-0.39, 0.29) is 0 Å². The predicted octanol–water partition coefficient (Wildman–Crippen LogP) is 5.63. The van der Waals surface area contributed by atoms with Gasteiger partial charge in [-0.1, -0.05) is 35.3 Å². The van der Waals surface area contributed by atoms with Crippen LogP contribution in [0, 0.1) is 0 Å². The number of nitrogens with two attached hydrogens (primary N) is 1. The van der Waals surface area contributed by atoms with Crippen molar-refractivity contribution in [1.29, 1.82) is 0 Å². The molecular formula is C15H10BrCl2N3. The zero-order valence-electron chi connectivity index (χ0n) is 10.7. The van der Waals surface area contributed by atoms with Crippen molar-refractivity contribution in [2.24, 2.45) is 0 Å². The van der Waals surface area contributed by atoms with E-state index in [0.29, 0.717) is 21.4 Å². The van der Waals surface area contributed by atoms with Crippen molar-refractivity contribution in [3.8, 4) is 0 Å². The lowest BCUT2D eigenvalue weighted by Gasteiger charge is -2.12. The molecule has 0 aliphatic rings. The van der Waals surface area contributed by atoms with E-state index in [4.69, 9.17) is 28.9 Å². The van der Waals surface area contributed by atoms with Gasteiger partial charge in [-0.05, 0) is 40.2 Å². The summed E-state index contributed by atoms with van der Waals surface area (Å²) in [5, 5.41) is 5.16. The van der Waals surface area contributed by atoms with E-state index in [1.807, 2.05) is 24.3 Å². The number of anilines is 3. The number of para-hydroxylation sites is 1. The Balaban J connectivity index is 2.08. The fourth-order valence-corrected chi connectivity index (χ4v) is 2.74. The van der Waals surface area contributed by atoms with Gasteiger partial charge in [-0.3, -0.25) is 4.98 Å². The number of fused-ring (bicyclic) bond motifs is 1. The number of nitrogen functional groups attached to an aromatic ring is 1. The van der Waals surface area contributed by atoms with Crippen molar-refractivity contribution in [1.82, 2.24) is 4.98 Å². The van der Waals surface area contributed by atoms with Gasteiger partial charge >= 0.3 is 0 Å². The van der Waals surface area contributed by atoms with Gasteiger partial charge in [0.15, 0.2) is 0 Å². The Labute approximate surface area is 140 Å². The second kappa shape index (κ2) is 5.72. The smallest absolute Gasteiger partial charge is 0.0937 e. The lowest BCUT2D eigenvalue weighted by Crippen LogP contribution is -1.98. The van der Waals surface area contributed by atoms with Crippen LogP contribution in [0.15, 0.2) is 47.1 Å². The summed E-state index contributed by atoms with van der Waals surface area (Å²) in [4.78, 5) is 4.44. The number of halogens is 3. The molecule has 6 heteroatoms. The second-order valence-electron chi connectivity index (χ2n) is 4.51. The van der Waals surface area contributed by atoms with Gasteiger partial charge in [0.25, 0.3) is 0 Å². The van der Waals surface area contributed by atoms with Gasteiger partial charge < -0.3 is 11.1 Å². The molecule has 0 aliphatic carbocycles. The lowest BCUT2D eigenvalue weighted by molar-refractivity contribution is 1.38. The molecule has 0 unspecified atom stereocenters. The van der Waals surface area contributed by atoms with Crippen LogP contribution in [-0.2, 0) is 0 Å². The highest BCUT2D eigenvalue weighted by atomic mass is 79.9. The quantitative estimate of drug-likeness (QED) is 0.564. The molecule has 0 amide bonds. The van der Waals surface area contributed by atoms with Crippen LogP contribution in [0.3, 0.4) is 0 Å². The molecule has 1 aromatic heterocycles. The van der Waals surface area contributed by atoms with Crippen molar-refractivity contribution >= 4 is 67.1 Å². The standard InChI is InChI=1S/C15H10BrCl2N3/c16-9-4-8-2-1-3-13(15(8)20-7-9)21-14-6-11(18)10(17)5-12(14)19/h1-7,21H,19H2. The van der Waals surface area contributed by atoms with Crippen LogP contribution in [0.25, 0.3) is 10.9 Å². The molecule has 3 aromatic rings. The van der Waals surface area contributed by atoms with Gasteiger partial charge in [-0.15, -0.1) is 0 Å². The van der Waals surface area contributed by atoms with Crippen LogP contribution in [0.4, 0.5) is 17.1 Å². The van der Waals surface area contributed by atoms with Crippen molar-refractivity contribution in [2.45, 2.75) is 0 Å². The van der Waals surface area contributed by atoms with Crippen LogP contribution in [0.5, 0.6) is 0 Å². The Hall–Kier alpha value is -1.49. The largest absolute Gasteiger partial charge is 0.397 e. The van der Waals surface area contributed by atoms with Gasteiger partial charge in [-0.2, -0.15) is 0 Å². The summed E-state index contributed by atoms with van der Waals surface area (Å²) in [6.45, 7) is 0. The molecule has 0 spiro atoms. The van der Waals surface area contributed by atoms with Crippen molar-refractivity contribution in [3.05, 3.63) is 57.1 Å². The van der Waals surface area contributed by atoms with Crippen LogP contribution >= 0.6 is 39.1 Å². The zero-order valence-corrected chi connectivity index (χ0v) is 13.8. The van der Waals surface area contributed by atoms with Gasteiger partial charge in [0.05, 0.1) is 32.6 Å². The predicted molar refractivity (Wildman–Crippen MR) is 93.6 cm³/mol. The average molecular weight is 383 g/mol. The van der Waals surface area contributed by atoms with E-state index in [9.17, 15) is 0 Å². The molecule has 1 heterocycles. The molecule has 21 heavy (non-hydrogen) atoms. The van der Waals surface area contributed by atoms with Crippen molar-refractivity contribution < 1.29 is 0 Å². The van der Waals surface area contributed by atoms with E-state index in [2.05, 4.69) is 26.2 Å². The minimum absolute atomic E-state index is 0.430. The molecule has 0 radical (unpaired) electrons. The summed E-state index contributed by atoms with van der Waals surface area (Å²) in [5.41, 5.74) is 8.90. The number of rotatable bonds is 2. The first-order valence-corrected chi connectivity index (χ1v) is 7.65. The molecule has 0 saturated carbocycles. The Morgan fingerprint density at radius 3 is 2.62 bits per heavy atom. The summed E-state index contributed by atoms with van der Waals surface area (Å²) in [6.07, 6.45) is 1.76. The van der Waals surface area contributed by atoms with Gasteiger partial charge in [0.1, 0.15) is 0 Å². The maximum absolute atomic E-state index is 6.04. The maximum atomic E-state index is 6.04. The average Bonchev–Trinajstić information content (AvgIpc) is 2.44. The molecule has 0 fully saturated rings. The molecular weight excluding hydrogens is 373 g/mol. The summed E-state index contributed by atoms with van der Waals surface area (Å²) in [6, 6.07) is 11.2. The Bertz CT molecular complexity index is 837. The topological polar surface area (TPSA) is 50.9 Å². The maximum Gasteiger partial charge on any atom is 0.0937 e. The number of nitrogens with zero attached hydrogens (tertiary/aromatic N) is 1. The van der Waals surface area contributed by atoms with E-state index in [1.165, 1.54) is 0 Å². The van der Waals surface area contributed by atoms with Gasteiger partial charge in [0.2, 0.25) is 0 Å². The Morgan fingerprint density at radius 1 is 1.05 bits per heavy atom. The number of hydrogen-bond donors (Lipinski definition) is 2. The first-order chi connectivity index (χ1) is 10.0. The molecule has 0 saturated heterocycles. The van der Waals surface area contributed by atoms with Crippen LogP contribution in [0.2, 0.25) is 10.0 Å². The van der Waals surface area contributed by atoms with E-state index >= 15 is 0 Å².